The summed E-state index contributed by atoms with van der Waals surface area (Å²) in [5.41, 5.74) is 1.32. The number of rotatable bonds is 28. The molecule has 0 saturated heterocycles. The molecule has 0 spiro atoms. The summed E-state index contributed by atoms with van der Waals surface area (Å²) in [5.74, 6) is -6.77. The van der Waals surface area contributed by atoms with Crippen molar-refractivity contribution in [1.82, 2.24) is 19.6 Å². The number of aliphatic hydroxyl groups is 4. The van der Waals surface area contributed by atoms with Crippen LogP contribution >= 0.6 is 0 Å². The number of benzene rings is 6. The number of aliphatic hydroxyl groups excluding tert-OH is 4. The number of carbonyl (C=O) groups excluding carboxylic acids is 6. The molecule has 0 aliphatic heterocycles. The first kappa shape index (κ1) is 134. The summed E-state index contributed by atoms with van der Waals surface area (Å²) in [4.78, 5) is 84.5. The minimum atomic E-state index is -1.75. The maximum absolute atomic E-state index is 10.5. The van der Waals surface area contributed by atoms with E-state index >= 15 is 0 Å². The van der Waals surface area contributed by atoms with Crippen LogP contribution in [-0.4, -0.2) is 217 Å². The molecule has 599 valence electrons. The molecule has 0 saturated carbocycles. The van der Waals surface area contributed by atoms with Crippen molar-refractivity contribution in [2.45, 2.75) is 13.8 Å². The zero-order valence-electron chi connectivity index (χ0n) is 57.8. The van der Waals surface area contributed by atoms with E-state index in [1.165, 1.54) is 86.6 Å². The van der Waals surface area contributed by atoms with Gasteiger partial charge in [0.25, 0.3) is 0 Å². The van der Waals surface area contributed by atoms with E-state index < -0.39 is 46.0 Å². The first-order valence-electron chi connectivity index (χ1n) is 29.2. The minimum absolute atomic E-state index is 0. The van der Waals surface area contributed by atoms with Gasteiger partial charge in [0.15, 0.2) is 0 Å². The second-order valence-corrected chi connectivity index (χ2v) is 17.9. The van der Waals surface area contributed by atoms with E-state index in [4.69, 9.17) is 61.6 Å². The molecular formula is C66H80Dy2Mn4N8O28+. The second-order valence-electron chi connectivity index (χ2n) is 17.9. The monoisotopic (exact) mass is 1980 g/mol. The van der Waals surface area contributed by atoms with Gasteiger partial charge in [-0.05, 0) is 59.6 Å². The molecule has 6 aromatic carbocycles. The molecular weight excluding hydrogens is 1900 g/mol. The van der Waals surface area contributed by atoms with Crippen molar-refractivity contribution >= 4 is 35.8 Å². The summed E-state index contributed by atoms with van der Waals surface area (Å²) in [5, 5.41) is 182. The maximum Gasteiger partial charge on any atom is 3.00 e. The van der Waals surface area contributed by atoms with Crippen LogP contribution in [0.4, 0.5) is 0 Å². The molecule has 0 fully saturated rings. The Hall–Kier alpha value is -6.42. The first-order valence-corrected chi connectivity index (χ1v) is 29.2. The summed E-state index contributed by atoms with van der Waals surface area (Å²) >= 11 is 0. The first-order chi connectivity index (χ1) is 47.7. The fraction of sp³-hybridized carbons (Fsp3) is 0.333. The largest absolute Gasteiger partial charge is 3.00 e. The number of hydrogen-bond donors (Lipinski definition) is 4. The van der Waals surface area contributed by atoms with Crippen LogP contribution in [0, 0.1) is 130 Å². The molecule has 42 heteroatoms. The molecule has 0 aliphatic carbocycles. The van der Waals surface area contributed by atoms with Crippen LogP contribution < -0.4 is 51.1 Å². The SMILES string of the molecule is CC#N.CC#N.O=C([O-])c1ccccc1.O=C([O-])c1ccccc1.O=C([O-])c1ccccc1.O=C([O-])c1ccccc1.O=C([O-])c1ccccc1.O=C([O-])c1ccccc1.O=[N+]([O-])[O-].O=[N+]([O-])[O-].[Dy+3].[Dy+3].[Mn+2].[Mn+3].[Mn+3].[Mn+3].[O-2].[O-2].[O-]CCN(CCO)CCN(CC[O-])CCO.[O-]CCN(CCO)CCN(CC[O-])CCO. The van der Waals surface area contributed by atoms with Crippen molar-refractivity contribution in [1.29, 1.82) is 10.5 Å². The average Bonchev–Trinajstić information content (AvgIpc) is 0.996. The molecule has 0 heterocycles. The van der Waals surface area contributed by atoms with E-state index in [9.17, 15) is 79.8 Å². The Morgan fingerprint density at radius 2 is 0.417 bits per heavy atom. The molecule has 36 nitrogen and oxygen atoms in total. The van der Waals surface area contributed by atoms with Crippen LogP contribution in [0.1, 0.15) is 76.0 Å². The number of carboxylic acid groups (broad SMARTS) is 6. The maximum atomic E-state index is 10.5. The van der Waals surface area contributed by atoms with Crippen molar-refractivity contribution in [3.63, 3.8) is 0 Å². The summed E-state index contributed by atoms with van der Waals surface area (Å²) in [6.07, 6.45) is 0. The topological polar surface area (TPSA) is 664 Å². The molecule has 0 aliphatic rings. The van der Waals surface area contributed by atoms with E-state index in [1.54, 1.807) is 121 Å². The van der Waals surface area contributed by atoms with E-state index in [1.807, 2.05) is 19.6 Å². The summed E-state index contributed by atoms with van der Waals surface area (Å²) in [7, 11) is 0. The van der Waals surface area contributed by atoms with Crippen LogP contribution in [0.15, 0.2) is 182 Å². The van der Waals surface area contributed by atoms with Crippen LogP contribution in [0.25, 0.3) is 0 Å². The molecule has 0 atom stereocenters. The summed E-state index contributed by atoms with van der Waals surface area (Å²) in [6, 6.07) is 51.9. The summed E-state index contributed by atoms with van der Waals surface area (Å²) in [6.45, 7) is 8.32. The molecule has 0 aromatic heterocycles. The molecule has 0 unspecified atom stereocenters. The third-order valence-electron chi connectivity index (χ3n) is 10.8. The molecule has 0 amide bonds. The summed E-state index contributed by atoms with van der Waals surface area (Å²) < 4.78 is 0. The van der Waals surface area contributed by atoms with Crippen LogP contribution in [0.3, 0.4) is 0 Å². The predicted molar refractivity (Wildman–Crippen MR) is 343 cm³/mol. The Balaban J connectivity index is -0.0000000758. The Morgan fingerprint density at radius 3 is 0.481 bits per heavy atom. The van der Waals surface area contributed by atoms with Gasteiger partial charge in [-0.25, -0.2) is 0 Å². The van der Waals surface area contributed by atoms with E-state index in [0.717, 1.165) is 0 Å². The zero-order valence-corrected chi connectivity index (χ0v) is 66.6. The fourth-order valence-electron chi connectivity index (χ4n) is 6.43. The van der Waals surface area contributed by atoms with Crippen molar-refractivity contribution in [3.05, 3.63) is 246 Å². The molecule has 108 heavy (non-hydrogen) atoms. The number of hydrogen-bond acceptors (Lipinski definition) is 32. The van der Waals surface area contributed by atoms with Crippen LogP contribution in [-0.2, 0) is 79.2 Å². The molecule has 6 rings (SSSR count). The Labute approximate surface area is 728 Å². The van der Waals surface area contributed by atoms with Gasteiger partial charge in [0, 0.05) is 66.2 Å². The van der Waals surface area contributed by atoms with Gasteiger partial charge in [0.05, 0.1) is 84.6 Å². The van der Waals surface area contributed by atoms with Gasteiger partial charge >= 0.3 is 145 Å². The normalized spacial score (nSPS) is 8.48. The number of nitriles is 2. The van der Waals surface area contributed by atoms with E-state index in [-0.39, 0.29) is 242 Å². The number of aromatic carboxylic acids is 6. The van der Waals surface area contributed by atoms with Gasteiger partial charge in [-0.3, -0.25) is 0 Å². The predicted octanol–water partition coefficient (Wildman–Crippen LogP) is -6.77. The van der Waals surface area contributed by atoms with Crippen molar-refractivity contribution in [2.24, 2.45) is 0 Å². The van der Waals surface area contributed by atoms with Crippen LogP contribution in [0.5, 0.6) is 0 Å². The zero-order chi connectivity index (χ0) is 77.2. The fourth-order valence-corrected chi connectivity index (χ4v) is 6.43. The number of carbonyl (C=O) groups is 6. The smallest absolute Gasteiger partial charge is 2.00 e. The van der Waals surface area contributed by atoms with Crippen molar-refractivity contribution in [3.8, 4) is 12.1 Å². The van der Waals surface area contributed by atoms with Crippen molar-refractivity contribution < 1.29 is 266 Å². The van der Waals surface area contributed by atoms with E-state index in [2.05, 4.69) is 0 Å². The van der Waals surface area contributed by atoms with E-state index in [0.29, 0.717) is 78.5 Å². The second kappa shape index (κ2) is 101. The van der Waals surface area contributed by atoms with Gasteiger partial charge in [-0.1, -0.05) is 182 Å². The Kier molecular flexibility index (Phi) is 125. The number of carboxylic acids is 6. The number of nitrogens with zero attached hydrogens (tertiary/aromatic N) is 8. The molecule has 6 aromatic rings. The van der Waals surface area contributed by atoms with Gasteiger partial charge in [0.2, 0.25) is 0 Å². The van der Waals surface area contributed by atoms with Gasteiger partial charge in [-0.15, -0.1) is 26.4 Å². The third-order valence-corrected chi connectivity index (χ3v) is 10.8. The van der Waals surface area contributed by atoms with Gasteiger partial charge < -0.3 is 161 Å². The standard InChI is InChI=1S/2C10H22N2O4.6C7H6O2.2C2H3N.2Dy.4Mn.2NO3.2O/c2*13-7-3-11(4-8-14)1-2-12(5-9-15)6-10-16;6*8-7(9)6-4-2-1-3-5-6;2*1-2-3;;;;;;;2*2-1(3)4;;/h2*13,15H,1-10H2;6*1-5H,(H,8,9);2*1H3;;;;;;;;;;/q2*-2;;;;;;;;;2*+3;+2;3*+3;2*-1;2*-2/p-6. The molecule has 3 radical (unpaired) electrons. The molecule has 0 bridgehead atoms. The molecule has 4 N–H and O–H groups in total. The van der Waals surface area contributed by atoms with Gasteiger partial charge in [0.1, 0.15) is 0 Å². The van der Waals surface area contributed by atoms with Crippen LogP contribution in [0.2, 0.25) is 0 Å². The Morgan fingerprint density at radius 1 is 0.315 bits per heavy atom. The van der Waals surface area contributed by atoms with Crippen molar-refractivity contribution in [2.75, 3.05) is 131 Å². The minimum Gasteiger partial charge on any atom is -2.00 e. The quantitative estimate of drug-likeness (QED) is 0.0201. The van der Waals surface area contributed by atoms with Gasteiger partial charge in [-0.2, -0.15) is 10.5 Å². The Bertz CT molecular complexity index is 2570. The third kappa shape index (κ3) is 97.6. The average molecular weight is 1980 g/mol.